The van der Waals surface area contributed by atoms with E-state index in [1.165, 1.54) is 26.2 Å². The van der Waals surface area contributed by atoms with E-state index in [0.29, 0.717) is 0 Å². The first-order valence-corrected chi connectivity index (χ1v) is 9.20. The van der Waals surface area contributed by atoms with Gasteiger partial charge in [-0.3, -0.25) is 9.59 Å². The molecular weight excluding hydrogens is 340 g/mol. The summed E-state index contributed by atoms with van der Waals surface area (Å²) in [7, 11) is -1.17. The van der Waals surface area contributed by atoms with E-state index < -0.39 is 27.0 Å². The molecule has 0 heterocycles. The summed E-state index contributed by atoms with van der Waals surface area (Å²) in [6.07, 6.45) is -0.0115. The number of benzene rings is 2. The van der Waals surface area contributed by atoms with Crippen molar-refractivity contribution in [3.8, 4) is 0 Å². The third-order valence-electron chi connectivity index (χ3n) is 3.55. The second-order valence-electron chi connectivity index (χ2n) is 5.70. The zero-order valence-electron chi connectivity index (χ0n) is 14.0. The van der Waals surface area contributed by atoms with Crippen LogP contribution in [0.4, 0.5) is 0 Å². The molecule has 6 nitrogen and oxygen atoms in total. The monoisotopic (exact) mass is 360 g/mol. The largest absolute Gasteiger partial charge is 0.346 e. The summed E-state index contributed by atoms with van der Waals surface area (Å²) in [5, 5.41) is 0.702. The van der Waals surface area contributed by atoms with Crippen molar-refractivity contribution in [2.75, 3.05) is 14.1 Å². The first-order chi connectivity index (χ1) is 11.8. The van der Waals surface area contributed by atoms with Gasteiger partial charge in [-0.1, -0.05) is 48.5 Å². The van der Waals surface area contributed by atoms with Crippen LogP contribution in [0.2, 0.25) is 0 Å². The Balaban J connectivity index is 2.28. The Bertz CT molecular complexity index is 834. The van der Waals surface area contributed by atoms with Gasteiger partial charge in [0.05, 0.1) is 11.3 Å². The second-order valence-corrected chi connectivity index (χ2v) is 7.73. The third kappa shape index (κ3) is 4.67. The van der Waals surface area contributed by atoms with Gasteiger partial charge in [-0.25, -0.2) is 8.42 Å². The van der Waals surface area contributed by atoms with E-state index in [4.69, 9.17) is 0 Å². The number of hydrogen-bond donors (Lipinski definition) is 1. The molecule has 0 saturated carbocycles. The number of likely N-dealkylation sites (N-methyl/N-ethyl adjacent to an activating group) is 1. The van der Waals surface area contributed by atoms with Gasteiger partial charge in [-0.05, 0) is 17.7 Å². The van der Waals surface area contributed by atoms with Crippen molar-refractivity contribution < 1.29 is 18.0 Å². The Labute approximate surface area is 147 Å². The molecule has 0 aliphatic carbocycles. The van der Waals surface area contributed by atoms with E-state index in [1.807, 2.05) is 6.07 Å². The standard InChI is InChI=1S/C18H20N2O4S/c1-20(2)18(22)17(25(23,24)15-11-7-4-8-12-15)19-16(21)13-14-9-5-3-6-10-14/h3-12,17H,13H2,1-2H3,(H,19,21). The van der Waals surface area contributed by atoms with Crippen LogP contribution in [0.15, 0.2) is 65.6 Å². The second kappa shape index (κ2) is 7.94. The molecule has 1 atom stereocenters. The fraction of sp³-hybridized carbons (Fsp3) is 0.222. The third-order valence-corrected chi connectivity index (χ3v) is 5.42. The number of sulfone groups is 1. The maximum Gasteiger partial charge on any atom is 0.260 e. The molecule has 0 radical (unpaired) electrons. The zero-order valence-corrected chi connectivity index (χ0v) is 14.9. The lowest BCUT2D eigenvalue weighted by molar-refractivity contribution is -0.132. The minimum absolute atomic E-state index is 0.0115. The molecule has 7 heteroatoms. The van der Waals surface area contributed by atoms with Gasteiger partial charge in [-0.15, -0.1) is 0 Å². The normalized spacial score (nSPS) is 12.2. The number of hydrogen-bond acceptors (Lipinski definition) is 4. The van der Waals surface area contributed by atoms with Crippen LogP contribution in [0.1, 0.15) is 5.56 Å². The van der Waals surface area contributed by atoms with Gasteiger partial charge in [0.25, 0.3) is 5.91 Å². The Kier molecular flexibility index (Phi) is 5.93. The molecule has 2 amide bonds. The van der Waals surface area contributed by atoms with Crippen molar-refractivity contribution >= 4 is 21.7 Å². The van der Waals surface area contributed by atoms with E-state index in [1.54, 1.807) is 42.5 Å². The molecular formula is C18H20N2O4S. The predicted octanol–water partition coefficient (Wildman–Crippen LogP) is 1.23. The molecule has 2 aromatic rings. The molecule has 0 saturated heterocycles. The SMILES string of the molecule is CN(C)C(=O)C(NC(=O)Cc1ccccc1)S(=O)(=O)c1ccccc1. The van der Waals surface area contributed by atoms with Crippen LogP contribution >= 0.6 is 0 Å². The minimum atomic E-state index is -4.06. The number of carbonyl (C=O) groups is 2. The summed E-state index contributed by atoms with van der Waals surface area (Å²) in [6, 6.07) is 16.5. The lowest BCUT2D eigenvalue weighted by Gasteiger charge is -2.22. The molecule has 0 aliphatic rings. The van der Waals surface area contributed by atoms with Gasteiger partial charge >= 0.3 is 0 Å². The van der Waals surface area contributed by atoms with Crippen LogP contribution < -0.4 is 5.32 Å². The molecule has 0 aromatic heterocycles. The fourth-order valence-corrected chi connectivity index (χ4v) is 3.80. The van der Waals surface area contributed by atoms with Gasteiger partial charge in [0, 0.05) is 14.1 Å². The lowest BCUT2D eigenvalue weighted by Crippen LogP contribution is -2.51. The highest BCUT2D eigenvalue weighted by atomic mass is 32.2. The Morgan fingerprint density at radius 1 is 0.960 bits per heavy atom. The predicted molar refractivity (Wildman–Crippen MR) is 94.4 cm³/mol. The van der Waals surface area contributed by atoms with Crippen LogP contribution in [-0.4, -0.2) is 44.6 Å². The highest BCUT2D eigenvalue weighted by molar-refractivity contribution is 7.92. The number of carbonyl (C=O) groups excluding carboxylic acids is 2. The number of nitrogens with zero attached hydrogens (tertiary/aromatic N) is 1. The van der Waals surface area contributed by atoms with E-state index in [2.05, 4.69) is 5.32 Å². The van der Waals surface area contributed by atoms with Crippen molar-refractivity contribution in [1.29, 1.82) is 0 Å². The first kappa shape index (κ1) is 18.7. The summed E-state index contributed by atoms with van der Waals surface area (Å²) in [5.74, 6) is -1.24. The van der Waals surface area contributed by atoms with Crippen LogP contribution in [-0.2, 0) is 25.8 Å². The quantitative estimate of drug-likeness (QED) is 0.840. The van der Waals surface area contributed by atoms with Gasteiger partial charge < -0.3 is 10.2 Å². The summed E-state index contributed by atoms with van der Waals surface area (Å²) < 4.78 is 25.6. The number of rotatable bonds is 6. The average Bonchev–Trinajstić information content (AvgIpc) is 2.60. The topological polar surface area (TPSA) is 83.6 Å². The molecule has 132 valence electrons. The van der Waals surface area contributed by atoms with Crippen LogP contribution in [0.3, 0.4) is 0 Å². The maximum absolute atomic E-state index is 12.8. The van der Waals surface area contributed by atoms with E-state index in [0.717, 1.165) is 10.5 Å². The van der Waals surface area contributed by atoms with E-state index in [-0.39, 0.29) is 11.3 Å². The molecule has 0 bridgehead atoms. The number of nitrogens with one attached hydrogen (secondary N) is 1. The Morgan fingerprint density at radius 3 is 2.00 bits per heavy atom. The van der Waals surface area contributed by atoms with Gasteiger partial charge in [0.1, 0.15) is 0 Å². The van der Waals surface area contributed by atoms with Crippen LogP contribution in [0.25, 0.3) is 0 Å². The highest BCUT2D eigenvalue weighted by Gasteiger charge is 2.36. The first-order valence-electron chi connectivity index (χ1n) is 7.66. The minimum Gasteiger partial charge on any atom is -0.346 e. The molecule has 0 aliphatic heterocycles. The Hall–Kier alpha value is -2.67. The summed E-state index contributed by atoms with van der Waals surface area (Å²) in [4.78, 5) is 25.8. The fourth-order valence-electron chi connectivity index (χ4n) is 2.23. The van der Waals surface area contributed by atoms with Crippen molar-refractivity contribution in [3.05, 3.63) is 66.2 Å². The summed E-state index contributed by atoms with van der Waals surface area (Å²) in [5.41, 5.74) is 0.730. The zero-order chi connectivity index (χ0) is 18.4. The van der Waals surface area contributed by atoms with Gasteiger partial charge in [0.15, 0.2) is 0 Å². The maximum atomic E-state index is 12.8. The Morgan fingerprint density at radius 2 is 1.48 bits per heavy atom. The van der Waals surface area contributed by atoms with Gasteiger partial charge in [-0.2, -0.15) is 0 Å². The van der Waals surface area contributed by atoms with Crippen LogP contribution in [0.5, 0.6) is 0 Å². The van der Waals surface area contributed by atoms with Crippen LogP contribution in [0, 0.1) is 0 Å². The molecule has 2 aromatic carbocycles. The molecule has 1 unspecified atom stereocenters. The molecule has 0 spiro atoms. The van der Waals surface area contributed by atoms with Crippen molar-refractivity contribution in [2.24, 2.45) is 0 Å². The smallest absolute Gasteiger partial charge is 0.260 e. The molecule has 0 fully saturated rings. The average molecular weight is 360 g/mol. The summed E-state index contributed by atoms with van der Waals surface area (Å²) in [6.45, 7) is 0. The van der Waals surface area contributed by atoms with Crippen molar-refractivity contribution in [2.45, 2.75) is 16.7 Å². The lowest BCUT2D eigenvalue weighted by atomic mass is 10.1. The molecule has 1 N–H and O–H groups in total. The highest BCUT2D eigenvalue weighted by Crippen LogP contribution is 2.16. The number of amides is 2. The molecule has 2 rings (SSSR count). The van der Waals surface area contributed by atoms with Crippen molar-refractivity contribution in [1.82, 2.24) is 10.2 Å². The van der Waals surface area contributed by atoms with E-state index >= 15 is 0 Å². The summed E-state index contributed by atoms with van der Waals surface area (Å²) >= 11 is 0. The van der Waals surface area contributed by atoms with Crippen molar-refractivity contribution in [3.63, 3.8) is 0 Å². The van der Waals surface area contributed by atoms with Gasteiger partial charge in [0.2, 0.25) is 21.1 Å². The van der Waals surface area contributed by atoms with E-state index in [9.17, 15) is 18.0 Å². The molecule has 25 heavy (non-hydrogen) atoms.